The maximum absolute atomic E-state index is 13.2. The monoisotopic (exact) mass is 412 g/mol. The molecule has 7 nitrogen and oxygen atoms in total. The molecule has 0 aromatic heterocycles. The lowest BCUT2D eigenvalue weighted by atomic mass is 10.0. The predicted octanol–water partition coefficient (Wildman–Crippen LogP) is 3.03. The van der Waals surface area contributed by atoms with Crippen LogP contribution >= 0.6 is 11.6 Å². The summed E-state index contributed by atoms with van der Waals surface area (Å²) < 4.78 is 5.08. The third kappa shape index (κ3) is 8.71. The summed E-state index contributed by atoms with van der Waals surface area (Å²) in [5, 5.41) is 11.9. The molecule has 0 aliphatic carbocycles. The van der Waals surface area contributed by atoms with Crippen LogP contribution in [0.25, 0.3) is 0 Å². The first-order valence-electron chi connectivity index (χ1n) is 9.43. The Balaban J connectivity index is 3.03. The maximum atomic E-state index is 13.2. The van der Waals surface area contributed by atoms with Gasteiger partial charge >= 0.3 is 5.97 Å². The quantitative estimate of drug-likeness (QED) is 0.383. The Kier molecular flexibility index (Phi) is 11.2. The van der Waals surface area contributed by atoms with Crippen LogP contribution in [0.1, 0.15) is 50.6 Å². The topological polar surface area (TPSA) is 95.9 Å². The van der Waals surface area contributed by atoms with Crippen molar-refractivity contribution < 1.29 is 24.2 Å². The van der Waals surface area contributed by atoms with Crippen LogP contribution in [0.5, 0.6) is 0 Å². The lowest BCUT2D eigenvalue weighted by molar-refractivity contribution is -0.143. The molecule has 0 saturated heterocycles. The normalized spacial score (nSPS) is 11.7. The predicted molar refractivity (Wildman–Crippen MR) is 107 cm³/mol. The van der Waals surface area contributed by atoms with Gasteiger partial charge in [0.05, 0.1) is 0 Å². The van der Waals surface area contributed by atoms with Gasteiger partial charge in [-0.2, -0.15) is 0 Å². The van der Waals surface area contributed by atoms with Crippen LogP contribution < -0.4 is 5.32 Å². The van der Waals surface area contributed by atoms with Crippen LogP contribution in [0, 0.1) is 0 Å². The Hall–Kier alpha value is -2.12. The third-order valence-electron chi connectivity index (χ3n) is 4.19. The molecule has 2 N–H and O–H groups in total. The van der Waals surface area contributed by atoms with E-state index in [4.69, 9.17) is 21.4 Å². The first kappa shape index (κ1) is 23.9. The van der Waals surface area contributed by atoms with Gasteiger partial charge in [-0.15, -0.1) is 0 Å². The number of ether oxygens (including phenoxy) is 1. The Morgan fingerprint density at radius 2 is 1.79 bits per heavy atom. The van der Waals surface area contributed by atoms with Crippen molar-refractivity contribution in [2.75, 3.05) is 26.8 Å². The Morgan fingerprint density at radius 1 is 1.14 bits per heavy atom. The minimum atomic E-state index is -1.25. The summed E-state index contributed by atoms with van der Waals surface area (Å²) in [7, 11) is 1.60. The van der Waals surface area contributed by atoms with E-state index in [1.807, 2.05) is 0 Å². The highest BCUT2D eigenvalue weighted by atomic mass is 35.5. The van der Waals surface area contributed by atoms with E-state index in [2.05, 4.69) is 12.2 Å². The molecule has 0 saturated carbocycles. The molecule has 0 aliphatic heterocycles. The number of nitrogens with one attached hydrogen (secondary N) is 1. The number of amides is 2. The number of benzene rings is 1. The minimum absolute atomic E-state index is 0.270. The van der Waals surface area contributed by atoms with Gasteiger partial charge in [0.25, 0.3) is 0 Å². The zero-order valence-corrected chi connectivity index (χ0v) is 17.2. The van der Waals surface area contributed by atoms with Crippen LogP contribution in [-0.2, 0) is 19.1 Å². The average Bonchev–Trinajstić information content (AvgIpc) is 2.65. The molecular formula is C20H29ClN2O5. The van der Waals surface area contributed by atoms with E-state index in [0.717, 1.165) is 19.3 Å². The summed E-state index contributed by atoms with van der Waals surface area (Å²) in [5.41, 5.74) is 0.556. The van der Waals surface area contributed by atoms with Gasteiger partial charge in [0.1, 0.15) is 12.5 Å². The molecule has 156 valence electrons. The number of nitrogens with zero attached hydrogens (tertiary/aromatic N) is 1. The molecule has 1 rings (SSSR count). The first-order chi connectivity index (χ1) is 13.4. The molecular weight excluding hydrogens is 384 g/mol. The molecule has 0 heterocycles. The molecule has 0 radical (unpaired) electrons. The van der Waals surface area contributed by atoms with Gasteiger partial charge in [-0.3, -0.25) is 14.4 Å². The fourth-order valence-electron chi connectivity index (χ4n) is 2.76. The van der Waals surface area contributed by atoms with Crippen molar-refractivity contribution in [2.24, 2.45) is 0 Å². The third-order valence-corrected chi connectivity index (χ3v) is 4.44. The number of carboxylic acid groups (broad SMARTS) is 1. The van der Waals surface area contributed by atoms with Crippen molar-refractivity contribution in [3.63, 3.8) is 0 Å². The molecule has 28 heavy (non-hydrogen) atoms. The van der Waals surface area contributed by atoms with E-state index in [-0.39, 0.29) is 5.91 Å². The van der Waals surface area contributed by atoms with Gasteiger partial charge in [-0.05, 0) is 30.5 Å². The Labute approximate surface area is 171 Å². The standard InChI is InChI=1S/C20H29ClN2O5/c1-3-4-5-11-23(12-6-13-28-2)20(27)19(22-17(24)14-18(25)26)15-7-9-16(21)10-8-15/h7-10,19H,3-6,11-14H2,1-2H3,(H,22,24)(H,25,26)/t19-/m1/s1. The van der Waals surface area contributed by atoms with Crippen LogP contribution in [0.3, 0.4) is 0 Å². The number of halogens is 1. The van der Waals surface area contributed by atoms with Crippen molar-refractivity contribution >= 4 is 29.4 Å². The largest absolute Gasteiger partial charge is 0.481 e. The molecule has 2 amide bonds. The molecule has 0 bridgehead atoms. The molecule has 8 heteroatoms. The number of hydrogen-bond acceptors (Lipinski definition) is 4. The SMILES string of the molecule is CCCCCN(CCCOC)C(=O)[C@H](NC(=O)CC(=O)O)c1ccc(Cl)cc1. The number of rotatable bonds is 13. The van der Waals surface area contributed by atoms with Crippen molar-refractivity contribution in [1.82, 2.24) is 10.2 Å². The zero-order chi connectivity index (χ0) is 20.9. The van der Waals surface area contributed by atoms with Crippen molar-refractivity contribution in [3.8, 4) is 0 Å². The van der Waals surface area contributed by atoms with Gasteiger partial charge in [0, 0.05) is 31.8 Å². The second-order valence-electron chi connectivity index (χ2n) is 6.50. The Bertz CT molecular complexity index is 626. The van der Waals surface area contributed by atoms with Crippen LogP contribution in [-0.4, -0.2) is 54.6 Å². The van der Waals surface area contributed by atoms with Gasteiger partial charge in [0.2, 0.25) is 11.8 Å². The van der Waals surface area contributed by atoms with E-state index in [1.165, 1.54) is 0 Å². The molecule has 0 aliphatic rings. The first-order valence-corrected chi connectivity index (χ1v) is 9.81. The fraction of sp³-hybridized carbons (Fsp3) is 0.550. The zero-order valence-electron chi connectivity index (χ0n) is 16.4. The van der Waals surface area contributed by atoms with E-state index < -0.39 is 24.3 Å². The second-order valence-corrected chi connectivity index (χ2v) is 6.94. The van der Waals surface area contributed by atoms with Crippen molar-refractivity contribution in [1.29, 1.82) is 0 Å². The van der Waals surface area contributed by atoms with Gasteiger partial charge in [0.15, 0.2) is 0 Å². The molecule has 0 fully saturated rings. The molecule has 1 aromatic carbocycles. The Morgan fingerprint density at radius 3 is 2.36 bits per heavy atom. The minimum Gasteiger partial charge on any atom is -0.481 e. The maximum Gasteiger partial charge on any atom is 0.312 e. The highest BCUT2D eigenvalue weighted by Gasteiger charge is 2.27. The number of carbonyl (C=O) groups is 3. The second kappa shape index (κ2) is 13.1. The lowest BCUT2D eigenvalue weighted by Crippen LogP contribution is -2.44. The van der Waals surface area contributed by atoms with E-state index >= 15 is 0 Å². The number of carboxylic acids is 1. The smallest absolute Gasteiger partial charge is 0.312 e. The summed E-state index contributed by atoms with van der Waals surface area (Å²) in [6.45, 7) is 3.67. The van der Waals surface area contributed by atoms with Crippen LogP contribution in [0.15, 0.2) is 24.3 Å². The summed E-state index contributed by atoms with van der Waals surface area (Å²) in [4.78, 5) is 37.8. The number of hydrogen-bond donors (Lipinski definition) is 2. The van der Waals surface area contributed by atoms with E-state index in [0.29, 0.717) is 36.7 Å². The number of unbranched alkanes of at least 4 members (excludes halogenated alkanes) is 2. The van der Waals surface area contributed by atoms with Crippen molar-refractivity contribution in [2.45, 2.75) is 45.1 Å². The molecule has 0 spiro atoms. The molecule has 1 atom stereocenters. The van der Waals surface area contributed by atoms with Crippen LogP contribution in [0.2, 0.25) is 5.02 Å². The highest BCUT2D eigenvalue weighted by Crippen LogP contribution is 2.20. The van der Waals surface area contributed by atoms with Gasteiger partial charge in [-0.25, -0.2) is 0 Å². The number of aliphatic carboxylic acids is 1. The highest BCUT2D eigenvalue weighted by molar-refractivity contribution is 6.30. The summed E-state index contributed by atoms with van der Waals surface area (Å²) in [6, 6.07) is 5.62. The summed E-state index contributed by atoms with van der Waals surface area (Å²) in [5.74, 6) is -2.24. The van der Waals surface area contributed by atoms with Crippen LogP contribution in [0.4, 0.5) is 0 Å². The van der Waals surface area contributed by atoms with E-state index in [9.17, 15) is 14.4 Å². The lowest BCUT2D eigenvalue weighted by Gasteiger charge is -2.28. The number of methoxy groups -OCH3 is 1. The average molecular weight is 413 g/mol. The van der Waals surface area contributed by atoms with E-state index in [1.54, 1.807) is 36.3 Å². The van der Waals surface area contributed by atoms with Gasteiger partial charge in [-0.1, -0.05) is 43.5 Å². The molecule has 1 aromatic rings. The van der Waals surface area contributed by atoms with Gasteiger partial charge < -0.3 is 20.1 Å². The molecule has 0 unspecified atom stereocenters. The number of carbonyl (C=O) groups excluding carboxylic acids is 2. The van der Waals surface area contributed by atoms with Crippen molar-refractivity contribution in [3.05, 3.63) is 34.9 Å². The summed E-state index contributed by atoms with van der Waals surface area (Å²) >= 11 is 5.93. The fourth-order valence-corrected chi connectivity index (χ4v) is 2.89. The summed E-state index contributed by atoms with van der Waals surface area (Å²) in [6.07, 6.45) is 2.84.